The lowest BCUT2D eigenvalue weighted by Crippen LogP contribution is -2.25. The van der Waals surface area contributed by atoms with Gasteiger partial charge in [0.05, 0.1) is 17.7 Å². The normalized spacial score (nSPS) is 21.0. The van der Waals surface area contributed by atoms with Crippen LogP contribution in [0, 0.1) is 23.3 Å². The third-order valence-electron chi connectivity index (χ3n) is 6.65. The number of aliphatic imine (C=N–C) groups is 1. The molecule has 9 heteroatoms. The molecule has 2 atom stereocenters. The van der Waals surface area contributed by atoms with Crippen molar-refractivity contribution in [3.05, 3.63) is 62.8 Å². The van der Waals surface area contributed by atoms with Crippen molar-refractivity contribution in [1.29, 1.82) is 5.26 Å². The summed E-state index contributed by atoms with van der Waals surface area (Å²) in [7, 11) is 1.75. The summed E-state index contributed by atoms with van der Waals surface area (Å²) in [5.41, 5.74) is 6.24. The Morgan fingerprint density at radius 3 is 3.09 bits per heavy atom. The second-order valence-corrected chi connectivity index (χ2v) is 9.65. The van der Waals surface area contributed by atoms with E-state index in [0.29, 0.717) is 17.2 Å². The summed E-state index contributed by atoms with van der Waals surface area (Å²) in [6, 6.07) is 5.54. The average Bonchev–Trinajstić information content (AvgIpc) is 3.68. The quantitative estimate of drug-likeness (QED) is 0.578. The van der Waals surface area contributed by atoms with Crippen molar-refractivity contribution in [1.82, 2.24) is 20.1 Å². The van der Waals surface area contributed by atoms with Gasteiger partial charge in [0.25, 0.3) is 13.1 Å². The highest BCUT2D eigenvalue weighted by atomic mass is 32.1. The Morgan fingerprint density at radius 1 is 1.46 bits per heavy atom. The van der Waals surface area contributed by atoms with Crippen LogP contribution in [0.5, 0.6) is 0 Å². The van der Waals surface area contributed by atoms with Crippen LogP contribution in [0.1, 0.15) is 56.5 Å². The summed E-state index contributed by atoms with van der Waals surface area (Å²) < 4.78 is 2.06. The molecule has 1 saturated heterocycles. The van der Waals surface area contributed by atoms with Crippen LogP contribution < -0.4 is 10.2 Å². The molecule has 1 fully saturated rings. The standard InChI is InChI=1S/C26H31N8S/c1-5-18(2)13-30-25-22(6-10-29-25)19(3)21-14-32-34(16-21)23(7-9-28-4)20-8-11-33(15-20)26-24(12-27)35-17-31-26/h6,10,13-14,16-17,20,23H,5,7-8,11,15H2,1-4H3,(H,29,30)/q+1. The maximum atomic E-state index is 9.41. The van der Waals surface area contributed by atoms with Gasteiger partial charge in [-0.1, -0.05) is 17.3 Å². The lowest BCUT2D eigenvalue weighted by atomic mass is 9.96. The molecule has 0 spiro atoms. The first-order valence-corrected chi connectivity index (χ1v) is 12.8. The van der Waals surface area contributed by atoms with E-state index in [0.717, 1.165) is 54.3 Å². The van der Waals surface area contributed by atoms with E-state index in [-0.39, 0.29) is 6.04 Å². The van der Waals surface area contributed by atoms with Gasteiger partial charge in [-0.2, -0.15) is 10.4 Å². The van der Waals surface area contributed by atoms with Gasteiger partial charge in [-0.25, -0.2) is 9.98 Å². The van der Waals surface area contributed by atoms with Gasteiger partial charge in [-0.05, 0) is 38.3 Å². The van der Waals surface area contributed by atoms with E-state index in [2.05, 4.69) is 74.9 Å². The van der Waals surface area contributed by atoms with Crippen LogP contribution in [-0.4, -0.2) is 40.7 Å². The summed E-state index contributed by atoms with van der Waals surface area (Å²) in [4.78, 5) is 16.1. The van der Waals surface area contributed by atoms with E-state index in [4.69, 9.17) is 5.10 Å². The van der Waals surface area contributed by atoms with E-state index >= 15 is 0 Å². The van der Waals surface area contributed by atoms with Crippen LogP contribution in [0.2, 0.25) is 0 Å². The predicted octanol–water partition coefficient (Wildman–Crippen LogP) is 5.23. The number of anilines is 1. The average molecular weight is 488 g/mol. The monoisotopic (exact) mass is 487 g/mol. The maximum Gasteiger partial charge on any atom is 0.274 e. The van der Waals surface area contributed by atoms with Crippen LogP contribution in [0.25, 0.3) is 10.4 Å². The highest BCUT2D eigenvalue weighted by Crippen LogP contribution is 2.35. The smallest absolute Gasteiger partial charge is 0.274 e. The molecule has 180 valence electrons. The van der Waals surface area contributed by atoms with Gasteiger partial charge < -0.3 is 10.2 Å². The molecular formula is C26H31N8S+. The number of nitriles is 1. The number of allylic oxidation sites excluding steroid dienone is 2. The molecule has 4 rings (SSSR count). The van der Waals surface area contributed by atoms with Crippen LogP contribution in [0.3, 0.4) is 0 Å². The minimum absolute atomic E-state index is 0.125. The summed E-state index contributed by atoms with van der Waals surface area (Å²) in [5, 5.41) is 17.4. The molecule has 4 heterocycles. The third kappa shape index (κ3) is 5.36. The Kier molecular flexibility index (Phi) is 7.79. The van der Waals surface area contributed by atoms with Crippen molar-refractivity contribution in [3.63, 3.8) is 0 Å². The van der Waals surface area contributed by atoms with Gasteiger partial charge in [-0.15, -0.1) is 11.3 Å². The zero-order valence-electron chi connectivity index (χ0n) is 20.7. The van der Waals surface area contributed by atoms with Crippen LogP contribution in [-0.2, 0) is 0 Å². The summed E-state index contributed by atoms with van der Waals surface area (Å²) >= 11 is 1.39. The Balaban J connectivity index is 1.58. The van der Waals surface area contributed by atoms with E-state index in [1.807, 2.05) is 18.6 Å². The van der Waals surface area contributed by atoms with Crippen molar-refractivity contribution in [2.45, 2.75) is 46.1 Å². The van der Waals surface area contributed by atoms with Gasteiger partial charge in [0, 0.05) is 48.7 Å². The number of hydrogen-bond acceptors (Lipinski definition) is 6. The number of nitrogens with zero attached hydrogens (tertiary/aromatic N) is 7. The van der Waals surface area contributed by atoms with Gasteiger partial charge >= 0.3 is 0 Å². The molecule has 0 radical (unpaired) electrons. The van der Waals surface area contributed by atoms with Crippen LogP contribution >= 0.6 is 11.3 Å². The first-order chi connectivity index (χ1) is 17.0. The molecule has 0 amide bonds. The van der Waals surface area contributed by atoms with Gasteiger partial charge in [0.1, 0.15) is 23.2 Å². The number of nitrogens with one attached hydrogen (secondary N) is 1. The van der Waals surface area contributed by atoms with Crippen LogP contribution in [0.15, 0.2) is 52.5 Å². The largest absolute Gasteiger partial charge is 0.354 e. The maximum absolute atomic E-state index is 9.41. The predicted molar refractivity (Wildman–Crippen MR) is 143 cm³/mol. The molecule has 35 heavy (non-hydrogen) atoms. The molecule has 1 N–H and O–H groups in total. The molecule has 0 aromatic carbocycles. The first kappa shape index (κ1) is 24.4. The van der Waals surface area contributed by atoms with Crippen molar-refractivity contribution >= 4 is 28.6 Å². The number of hydrogen-bond donors (Lipinski definition) is 1. The molecular weight excluding hydrogens is 456 g/mol. The molecule has 2 aliphatic rings. The van der Waals surface area contributed by atoms with E-state index in [9.17, 15) is 5.26 Å². The Hall–Kier alpha value is -3.69. The first-order valence-electron chi connectivity index (χ1n) is 11.9. The number of amidine groups is 1. The Morgan fingerprint density at radius 2 is 2.31 bits per heavy atom. The fourth-order valence-electron chi connectivity index (χ4n) is 4.40. The topological polar surface area (TPSA) is 86.5 Å². The Bertz CT molecular complexity index is 1290. The second-order valence-electron chi connectivity index (χ2n) is 8.80. The fraction of sp³-hybridized carbons (Fsp3) is 0.423. The highest BCUT2D eigenvalue weighted by Gasteiger charge is 2.33. The SMILES string of the molecule is CCC(C)=CN=C1NC=CC1=C(C)c1cnn(C(CC#[N+]C)C2CCN(c3ncsc3C#N)C2)c1. The summed E-state index contributed by atoms with van der Waals surface area (Å²) in [5.74, 6) is 2.01. The third-order valence-corrected chi connectivity index (χ3v) is 7.37. The van der Waals surface area contributed by atoms with E-state index in [1.165, 1.54) is 16.9 Å². The molecule has 2 aromatic rings. The molecule has 0 aliphatic carbocycles. The van der Waals surface area contributed by atoms with Crippen molar-refractivity contribution in [2.24, 2.45) is 10.9 Å². The second kappa shape index (κ2) is 11.2. The minimum Gasteiger partial charge on any atom is -0.354 e. The van der Waals surface area contributed by atoms with Crippen LogP contribution in [0.4, 0.5) is 5.82 Å². The molecule has 2 aromatic heterocycles. The zero-order valence-corrected chi connectivity index (χ0v) is 21.5. The molecule has 0 saturated carbocycles. The van der Waals surface area contributed by atoms with Crippen molar-refractivity contribution in [3.8, 4) is 12.1 Å². The number of aromatic nitrogens is 3. The van der Waals surface area contributed by atoms with Gasteiger partial charge in [0.2, 0.25) is 0 Å². The fourth-order valence-corrected chi connectivity index (χ4v) is 5.00. The van der Waals surface area contributed by atoms with E-state index < -0.39 is 0 Å². The highest BCUT2D eigenvalue weighted by molar-refractivity contribution is 7.10. The molecule has 2 unspecified atom stereocenters. The Labute approximate surface area is 210 Å². The molecule has 8 nitrogen and oxygen atoms in total. The lowest BCUT2D eigenvalue weighted by Gasteiger charge is -2.22. The summed E-state index contributed by atoms with van der Waals surface area (Å²) in [6.45, 7) is 8.03. The van der Waals surface area contributed by atoms with Gasteiger partial charge in [-0.3, -0.25) is 4.68 Å². The van der Waals surface area contributed by atoms with E-state index in [1.54, 1.807) is 12.6 Å². The number of thiazole rings is 1. The minimum atomic E-state index is 0.125. The van der Waals surface area contributed by atoms with Gasteiger partial charge in [0.15, 0.2) is 5.82 Å². The van der Waals surface area contributed by atoms with Crippen molar-refractivity contribution < 1.29 is 0 Å². The summed E-state index contributed by atoms with van der Waals surface area (Å²) in [6.07, 6.45) is 12.6. The zero-order chi connectivity index (χ0) is 24.8. The molecule has 0 bridgehead atoms. The van der Waals surface area contributed by atoms with Crippen molar-refractivity contribution in [2.75, 3.05) is 25.0 Å². The number of rotatable bonds is 7. The lowest BCUT2D eigenvalue weighted by molar-refractivity contribution is 0.332. The molecule has 2 aliphatic heterocycles.